The van der Waals surface area contributed by atoms with Gasteiger partial charge in [0.2, 0.25) is 0 Å². The number of carboxylic acid groups (broad SMARTS) is 1. The fourth-order valence-electron chi connectivity index (χ4n) is 2.61. The molecule has 1 aromatic rings. The minimum Gasteiger partial charge on any atom is -0.483 e. The molecule has 0 aliphatic heterocycles. The van der Waals surface area contributed by atoms with Gasteiger partial charge in [-0.1, -0.05) is 26.0 Å². The van der Waals surface area contributed by atoms with Crippen LogP contribution >= 0.6 is 0 Å². The molecule has 0 atom stereocenters. The van der Waals surface area contributed by atoms with Crippen LogP contribution in [0.1, 0.15) is 50.2 Å². The van der Waals surface area contributed by atoms with E-state index >= 15 is 0 Å². The molecule has 1 aromatic carbocycles. The molecule has 1 fully saturated rings. The van der Waals surface area contributed by atoms with Crippen LogP contribution in [0, 0.1) is 6.92 Å². The Kier molecular flexibility index (Phi) is 4.74. The number of nitrogens with one attached hydrogen (secondary N) is 1. The van der Waals surface area contributed by atoms with Crippen molar-refractivity contribution in [2.75, 3.05) is 6.61 Å². The van der Waals surface area contributed by atoms with Crippen molar-refractivity contribution in [1.29, 1.82) is 0 Å². The van der Waals surface area contributed by atoms with Gasteiger partial charge in [-0.15, -0.1) is 0 Å². The Labute approximate surface area is 130 Å². The molecular formula is C17H23NO4. The maximum Gasteiger partial charge on any atom is 0.329 e. The fraction of sp³-hybridized carbons (Fsp3) is 0.529. The highest BCUT2D eigenvalue weighted by atomic mass is 16.5. The molecule has 0 saturated heterocycles. The third-order valence-corrected chi connectivity index (χ3v) is 4.15. The van der Waals surface area contributed by atoms with Crippen molar-refractivity contribution in [3.63, 3.8) is 0 Å². The van der Waals surface area contributed by atoms with Crippen molar-refractivity contribution in [3.05, 3.63) is 29.3 Å². The van der Waals surface area contributed by atoms with E-state index in [-0.39, 0.29) is 12.5 Å². The minimum absolute atomic E-state index is 0.168. The third-order valence-electron chi connectivity index (χ3n) is 4.15. The van der Waals surface area contributed by atoms with Crippen LogP contribution in [-0.2, 0) is 9.59 Å². The number of carboxylic acids is 1. The Morgan fingerprint density at radius 2 is 2.05 bits per heavy atom. The maximum absolute atomic E-state index is 12.0. The summed E-state index contributed by atoms with van der Waals surface area (Å²) in [5.74, 6) is -0.386. The van der Waals surface area contributed by atoms with Crippen molar-refractivity contribution in [2.45, 2.75) is 51.5 Å². The lowest BCUT2D eigenvalue weighted by molar-refractivity contribution is -0.152. The molecule has 1 amide bonds. The lowest BCUT2D eigenvalue weighted by Gasteiger charge is -2.38. The molecule has 0 aromatic heterocycles. The molecule has 1 aliphatic carbocycles. The highest BCUT2D eigenvalue weighted by Gasteiger charge is 2.45. The molecule has 0 heterocycles. The monoisotopic (exact) mass is 305 g/mol. The number of carbonyl (C=O) groups is 2. The molecule has 0 bridgehead atoms. The molecule has 2 N–H and O–H groups in total. The van der Waals surface area contributed by atoms with E-state index in [9.17, 15) is 14.7 Å². The molecule has 0 radical (unpaired) electrons. The molecule has 120 valence electrons. The predicted octanol–water partition coefficient (Wildman–Crippen LogP) is 2.62. The number of benzene rings is 1. The normalized spacial score (nSPS) is 16.0. The zero-order valence-electron chi connectivity index (χ0n) is 13.3. The van der Waals surface area contributed by atoms with Gasteiger partial charge in [-0.2, -0.15) is 0 Å². The SMILES string of the molecule is Cc1ccc(C(C)C)c(OCC(=O)NC2(C(=O)O)CCC2)c1. The summed E-state index contributed by atoms with van der Waals surface area (Å²) < 4.78 is 5.63. The first-order valence-electron chi connectivity index (χ1n) is 7.62. The summed E-state index contributed by atoms with van der Waals surface area (Å²) in [4.78, 5) is 23.2. The summed E-state index contributed by atoms with van der Waals surface area (Å²) in [6, 6.07) is 5.91. The van der Waals surface area contributed by atoms with E-state index in [0.29, 0.717) is 18.6 Å². The third kappa shape index (κ3) is 3.40. The van der Waals surface area contributed by atoms with Crippen LogP contribution < -0.4 is 10.1 Å². The Bertz CT molecular complexity index is 576. The topological polar surface area (TPSA) is 75.6 Å². The maximum atomic E-state index is 12.0. The Balaban J connectivity index is 1.99. The molecule has 5 heteroatoms. The number of hydrogen-bond donors (Lipinski definition) is 2. The van der Waals surface area contributed by atoms with E-state index in [1.807, 2.05) is 25.1 Å². The summed E-state index contributed by atoms with van der Waals surface area (Å²) in [7, 11) is 0. The van der Waals surface area contributed by atoms with E-state index in [1.165, 1.54) is 0 Å². The average Bonchev–Trinajstić information content (AvgIpc) is 2.39. The van der Waals surface area contributed by atoms with Gasteiger partial charge in [-0.25, -0.2) is 4.79 Å². The summed E-state index contributed by atoms with van der Waals surface area (Å²) in [6.07, 6.45) is 1.79. The van der Waals surface area contributed by atoms with Crippen molar-refractivity contribution in [3.8, 4) is 5.75 Å². The molecule has 1 aliphatic rings. The van der Waals surface area contributed by atoms with Gasteiger partial charge in [-0.05, 0) is 49.3 Å². The lowest BCUT2D eigenvalue weighted by Crippen LogP contribution is -2.59. The van der Waals surface area contributed by atoms with Gasteiger partial charge in [0.15, 0.2) is 6.61 Å². The van der Waals surface area contributed by atoms with E-state index in [0.717, 1.165) is 17.5 Å². The Morgan fingerprint density at radius 3 is 2.55 bits per heavy atom. The summed E-state index contributed by atoms with van der Waals surface area (Å²) >= 11 is 0. The van der Waals surface area contributed by atoms with Gasteiger partial charge in [0.25, 0.3) is 5.91 Å². The largest absolute Gasteiger partial charge is 0.483 e. The van der Waals surface area contributed by atoms with Gasteiger partial charge in [0.1, 0.15) is 11.3 Å². The first-order chi connectivity index (χ1) is 10.3. The second kappa shape index (κ2) is 6.38. The number of aliphatic carboxylic acids is 1. The summed E-state index contributed by atoms with van der Waals surface area (Å²) in [5.41, 5.74) is 1.00. The Hall–Kier alpha value is -2.04. The van der Waals surface area contributed by atoms with Crippen LogP contribution in [0.15, 0.2) is 18.2 Å². The van der Waals surface area contributed by atoms with Gasteiger partial charge in [-0.3, -0.25) is 4.79 Å². The highest BCUT2D eigenvalue weighted by Crippen LogP contribution is 2.32. The van der Waals surface area contributed by atoms with Gasteiger partial charge >= 0.3 is 5.97 Å². The van der Waals surface area contributed by atoms with Crippen LogP contribution in [0.4, 0.5) is 0 Å². The molecule has 0 spiro atoms. The molecule has 2 rings (SSSR count). The molecule has 5 nitrogen and oxygen atoms in total. The molecular weight excluding hydrogens is 282 g/mol. The lowest BCUT2D eigenvalue weighted by atomic mass is 9.77. The standard InChI is InChI=1S/C17H23NO4/c1-11(2)13-6-5-12(3)9-14(13)22-10-15(19)18-17(16(20)21)7-4-8-17/h5-6,9,11H,4,7-8,10H2,1-3H3,(H,18,19)(H,20,21). The van der Waals surface area contributed by atoms with Crippen molar-refractivity contribution in [2.24, 2.45) is 0 Å². The zero-order valence-corrected chi connectivity index (χ0v) is 13.3. The number of rotatable bonds is 6. The van der Waals surface area contributed by atoms with E-state index in [2.05, 4.69) is 19.2 Å². The van der Waals surface area contributed by atoms with Crippen LogP contribution in [0.5, 0.6) is 5.75 Å². The van der Waals surface area contributed by atoms with Gasteiger partial charge < -0.3 is 15.2 Å². The highest BCUT2D eigenvalue weighted by molar-refractivity contribution is 5.88. The smallest absolute Gasteiger partial charge is 0.329 e. The predicted molar refractivity (Wildman–Crippen MR) is 83.1 cm³/mol. The van der Waals surface area contributed by atoms with E-state index in [4.69, 9.17) is 4.74 Å². The zero-order chi connectivity index (χ0) is 16.3. The van der Waals surface area contributed by atoms with Crippen LogP contribution in [0.2, 0.25) is 0 Å². The van der Waals surface area contributed by atoms with Crippen LogP contribution in [-0.4, -0.2) is 29.1 Å². The van der Waals surface area contributed by atoms with Gasteiger partial charge in [0.05, 0.1) is 0 Å². The summed E-state index contributed by atoms with van der Waals surface area (Å²) in [5, 5.41) is 11.8. The molecule has 22 heavy (non-hydrogen) atoms. The number of carbonyl (C=O) groups excluding carboxylic acids is 1. The van der Waals surface area contributed by atoms with Crippen LogP contribution in [0.25, 0.3) is 0 Å². The number of aryl methyl sites for hydroxylation is 1. The number of hydrogen-bond acceptors (Lipinski definition) is 3. The molecule has 1 saturated carbocycles. The van der Waals surface area contributed by atoms with Crippen molar-refractivity contribution in [1.82, 2.24) is 5.32 Å². The van der Waals surface area contributed by atoms with Crippen LogP contribution in [0.3, 0.4) is 0 Å². The quantitative estimate of drug-likeness (QED) is 0.847. The fourth-order valence-corrected chi connectivity index (χ4v) is 2.61. The minimum atomic E-state index is -1.09. The Morgan fingerprint density at radius 1 is 1.36 bits per heavy atom. The first kappa shape index (κ1) is 16.3. The second-order valence-electron chi connectivity index (χ2n) is 6.27. The molecule has 0 unspecified atom stereocenters. The van der Waals surface area contributed by atoms with Gasteiger partial charge in [0, 0.05) is 0 Å². The van der Waals surface area contributed by atoms with Crippen molar-refractivity contribution >= 4 is 11.9 Å². The second-order valence-corrected chi connectivity index (χ2v) is 6.27. The van der Waals surface area contributed by atoms with Crippen molar-refractivity contribution < 1.29 is 19.4 Å². The average molecular weight is 305 g/mol. The van der Waals surface area contributed by atoms with E-state index < -0.39 is 17.4 Å². The first-order valence-corrected chi connectivity index (χ1v) is 7.62. The van der Waals surface area contributed by atoms with E-state index in [1.54, 1.807) is 0 Å². The summed E-state index contributed by atoms with van der Waals surface area (Å²) in [6.45, 7) is 5.92. The number of amides is 1. The number of ether oxygens (including phenoxy) is 1.